The van der Waals surface area contributed by atoms with Gasteiger partial charge in [-0.1, -0.05) is 12.8 Å². The third-order valence-corrected chi connectivity index (χ3v) is 5.65. The van der Waals surface area contributed by atoms with Crippen LogP contribution >= 0.6 is 0 Å². The molecule has 2 amide bonds. The molecule has 2 aliphatic rings. The van der Waals surface area contributed by atoms with Crippen LogP contribution < -0.4 is 21.3 Å². The first kappa shape index (κ1) is 21.2. The van der Waals surface area contributed by atoms with Crippen molar-refractivity contribution in [2.24, 2.45) is 10.7 Å². The molecule has 3 heterocycles. The number of nitrogens with one attached hydrogen (secondary N) is 2. The van der Waals surface area contributed by atoms with Gasteiger partial charge in [-0.3, -0.25) is 0 Å². The lowest BCUT2D eigenvalue weighted by molar-refractivity contribution is 0.188. The fourth-order valence-corrected chi connectivity index (χ4v) is 3.96. The van der Waals surface area contributed by atoms with E-state index in [4.69, 9.17) is 10.7 Å². The molecule has 0 bridgehead atoms. The maximum atomic E-state index is 11.3. The fourth-order valence-electron chi connectivity index (χ4n) is 3.96. The van der Waals surface area contributed by atoms with Crippen LogP contribution in [0.3, 0.4) is 0 Å². The van der Waals surface area contributed by atoms with Gasteiger partial charge in [-0.2, -0.15) is 0 Å². The number of aliphatic imine (C=N–C) groups is 1. The molecule has 0 aliphatic carbocycles. The summed E-state index contributed by atoms with van der Waals surface area (Å²) in [5.74, 6) is 1.88. The Morgan fingerprint density at radius 3 is 2.59 bits per heavy atom. The number of guanidine groups is 1. The van der Waals surface area contributed by atoms with E-state index in [1.165, 1.54) is 31.2 Å². The van der Waals surface area contributed by atoms with Gasteiger partial charge in [-0.15, -0.1) is 0 Å². The number of pyridine rings is 1. The molecule has 2 fully saturated rings. The van der Waals surface area contributed by atoms with E-state index in [0.717, 1.165) is 44.3 Å². The van der Waals surface area contributed by atoms with Gasteiger partial charge < -0.3 is 26.2 Å². The molecule has 4 N–H and O–H groups in total. The standard InChI is InChI=1S/C21H35N7O/c1-2-23-21(26-18-8-13-28(14-9-18)20(22)29)25-16-17-7-10-24-19(15-17)27-11-5-3-4-6-12-27/h7,10,15,18H,2-6,8-9,11-14,16H2,1H3,(H2,22,29)(H2,23,25,26). The third-order valence-electron chi connectivity index (χ3n) is 5.65. The normalized spacial score (nSPS) is 19.0. The summed E-state index contributed by atoms with van der Waals surface area (Å²) < 4.78 is 0. The van der Waals surface area contributed by atoms with Crippen LogP contribution in [0.25, 0.3) is 0 Å². The highest BCUT2D eigenvalue weighted by atomic mass is 16.2. The van der Waals surface area contributed by atoms with Crippen LogP contribution in [0.15, 0.2) is 23.3 Å². The van der Waals surface area contributed by atoms with Crippen LogP contribution in [0.5, 0.6) is 0 Å². The first-order valence-corrected chi connectivity index (χ1v) is 10.9. The van der Waals surface area contributed by atoms with Crippen molar-refractivity contribution in [3.8, 4) is 0 Å². The molecule has 2 saturated heterocycles. The number of aromatic nitrogens is 1. The minimum Gasteiger partial charge on any atom is -0.357 e. The highest BCUT2D eigenvalue weighted by molar-refractivity contribution is 5.80. The quantitative estimate of drug-likeness (QED) is 0.518. The van der Waals surface area contributed by atoms with E-state index in [-0.39, 0.29) is 6.03 Å². The number of rotatable bonds is 5. The molecular weight excluding hydrogens is 366 g/mol. The van der Waals surface area contributed by atoms with Crippen LogP contribution in [-0.2, 0) is 6.54 Å². The number of hydrogen-bond donors (Lipinski definition) is 3. The molecule has 0 spiro atoms. The predicted molar refractivity (Wildman–Crippen MR) is 117 cm³/mol. The maximum Gasteiger partial charge on any atom is 0.314 e. The number of carbonyl (C=O) groups excluding carboxylic acids is 1. The summed E-state index contributed by atoms with van der Waals surface area (Å²) in [7, 11) is 0. The van der Waals surface area contributed by atoms with E-state index in [1.54, 1.807) is 4.90 Å². The Hall–Kier alpha value is -2.51. The van der Waals surface area contributed by atoms with Crippen molar-refractivity contribution in [2.75, 3.05) is 37.6 Å². The number of piperidine rings is 1. The summed E-state index contributed by atoms with van der Waals surface area (Å²) in [5, 5.41) is 6.83. The van der Waals surface area contributed by atoms with Crippen molar-refractivity contribution < 1.29 is 4.79 Å². The molecule has 1 aromatic heterocycles. The van der Waals surface area contributed by atoms with Crippen LogP contribution in [0.2, 0.25) is 0 Å². The van der Waals surface area contributed by atoms with E-state index < -0.39 is 0 Å². The van der Waals surface area contributed by atoms with Crippen LogP contribution in [-0.4, -0.2) is 60.6 Å². The molecule has 0 aromatic carbocycles. The molecule has 0 unspecified atom stereocenters. The zero-order valence-corrected chi connectivity index (χ0v) is 17.6. The van der Waals surface area contributed by atoms with E-state index in [0.29, 0.717) is 25.7 Å². The second-order valence-electron chi connectivity index (χ2n) is 7.86. The predicted octanol–water partition coefficient (Wildman–Crippen LogP) is 2.06. The Morgan fingerprint density at radius 2 is 1.93 bits per heavy atom. The smallest absolute Gasteiger partial charge is 0.314 e. The summed E-state index contributed by atoms with van der Waals surface area (Å²) in [4.78, 5) is 24.8. The summed E-state index contributed by atoms with van der Waals surface area (Å²) in [6, 6.07) is 4.18. The lowest BCUT2D eigenvalue weighted by Gasteiger charge is -2.32. The molecule has 3 rings (SSSR count). The number of primary amides is 1. The molecule has 160 valence electrons. The number of amides is 2. The second kappa shape index (κ2) is 10.9. The first-order chi connectivity index (χ1) is 14.2. The van der Waals surface area contributed by atoms with E-state index in [9.17, 15) is 4.79 Å². The SMILES string of the molecule is CCNC(=NCc1ccnc(N2CCCCCC2)c1)NC1CCN(C(N)=O)CC1. The minimum absolute atomic E-state index is 0.300. The number of likely N-dealkylation sites (tertiary alicyclic amines) is 1. The molecule has 0 radical (unpaired) electrons. The number of nitrogens with zero attached hydrogens (tertiary/aromatic N) is 4. The van der Waals surface area contributed by atoms with Gasteiger partial charge in [0.15, 0.2) is 5.96 Å². The average molecular weight is 402 g/mol. The maximum absolute atomic E-state index is 11.3. The third kappa shape index (κ3) is 6.51. The van der Waals surface area contributed by atoms with E-state index in [1.807, 2.05) is 12.3 Å². The van der Waals surface area contributed by atoms with Crippen molar-refractivity contribution in [1.29, 1.82) is 0 Å². The van der Waals surface area contributed by atoms with Crippen LogP contribution in [0.1, 0.15) is 51.0 Å². The largest absolute Gasteiger partial charge is 0.357 e. The highest BCUT2D eigenvalue weighted by Gasteiger charge is 2.21. The summed E-state index contributed by atoms with van der Waals surface area (Å²) in [6.07, 6.45) is 8.77. The Bertz CT molecular complexity index is 677. The Morgan fingerprint density at radius 1 is 1.21 bits per heavy atom. The van der Waals surface area contributed by atoms with Gasteiger partial charge in [0.2, 0.25) is 0 Å². The number of nitrogens with two attached hydrogens (primary N) is 1. The molecule has 29 heavy (non-hydrogen) atoms. The molecule has 8 nitrogen and oxygen atoms in total. The van der Waals surface area contributed by atoms with E-state index in [2.05, 4.69) is 33.5 Å². The molecule has 0 saturated carbocycles. The molecule has 0 atom stereocenters. The van der Waals surface area contributed by atoms with Crippen molar-refractivity contribution in [3.63, 3.8) is 0 Å². The zero-order valence-electron chi connectivity index (χ0n) is 17.6. The van der Waals surface area contributed by atoms with Gasteiger partial charge in [0.25, 0.3) is 0 Å². The van der Waals surface area contributed by atoms with Crippen molar-refractivity contribution in [1.82, 2.24) is 20.5 Å². The summed E-state index contributed by atoms with van der Waals surface area (Å²) in [5.41, 5.74) is 6.54. The van der Waals surface area contributed by atoms with Crippen molar-refractivity contribution in [3.05, 3.63) is 23.9 Å². The lowest BCUT2D eigenvalue weighted by Crippen LogP contribution is -2.50. The number of anilines is 1. The zero-order chi connectivity index (χ0) is 20.5. The Balaban J connectivity index is 1.58. The molecule has 2 aliphatic heterocycles. The van der Waals surface area contributed by atoms with Gasteiger partial charge in [-0.05, 0) is 50.3 Å². The topological polar surface area (TPSA) is 98.9 Å². The number of urea groups is 1. The second-order valence-corrected chi connectivity index (χ2v) is 7.86. The fraction of sp³-hybridized carbons (Fsp3) is 0.667. The average Bonchev–Trinajstić information content (AvgIpc) is 3.02. The van der Waals surface area contributed by atoms with Crippen molar-refractivity contribution >= 4 is 17.8 Å². The molecular formula is C21H35N7O. The first-order valence-electron chi connectivity index (χ1n) is 10.9. The summed E-state index contributed by atoms with van der Waals surface area (Å²) in [6.45, 7) is 7.05. The minimum atomic E-state index is -0.332. The highest BCUT2D eigenvalue weighted by Crippen LogP contribution is 2.18. The Kier molecular flexibility index (Phi) is 7.95. The summed E-state index contributed by atoms with van der Waals surface area (Å²) >= 11 is 0. The van der Waals surface area contributed by atoms with Crippen LogP contribution in [0, 0.1) is 0 Å². The van der Waals surface area contributed by atoms with Crippen LogP contribution in [0.4, 0.5) is 10.6 Å². The van der Waals surface area contributed by atoms with Gasteiger partial charge >= 0.3 is 6.03 Å². The van der Waals surface area contributed by atoms with Gasteiger partial charge in [0.05, 0.1) is 6.54 Å². The number of carbonyl (C=O) groups is 1. The van der Waals surface area contributed by atoms with Gasteiger partial charge in [0, 0.05) is 45.0 Å². The molecule has 8 heteroatoms. The van der Waals surface area contributed by atoms with Gasteiger partial charge in [-0.25, -0.2) is 14.8 Å². The molecule has 1 aromatic rings. The number of hydrogen-bond acceptors (Lipinski definition) is 4. The van der Waals surface area contributed by atoms with Gasteiger partial charge in [0.1, 0.15) is 5.82 Å². The van der Waals surface area contributed by atoms with E-state index >= 15 is 0 Å². The lowest BCUT2D eigenvalue weighted by atomic mass is 10.1. The van der Waals surface area contributed by atoms with Crippen molar-refractivity contribution in [2.45, 2.75) is 58.0 Å². The Labute approximate surface area is 173 Å². The monoisotopic (exact) mass is 401 g/mol.